The van der Waals surface area contributed by atoms with Crippen molar-refractivity contribution in [1.82, 2.24) is 4.98 Å². The Kier molecular flexibility index (Phi) is 3.49. The Bertz CT molecular complexity index is 870. The first-order valence-corrected chi connectivity index (χ1v) is 6.70. The Balaban J connectivity index is 2.12. The van der Waals surface area contributed by atoms with Crippen LogP contribution in [0.5, 0.6) is 0 Å². The Morgan fingerprint density at radius 2 is 1.81 bits per heavy atom. The molecule has 0 saturated heterocycles. The maximum absolute atomic E-state index is 11.3. The van der Waals surface area contributed by atoms with Crippen molar-refractivity contribution >= 4 is 17.2 Å². The van der Waals surface area contributed by atoms with Crippen LogP contribution < -0.4 is 0 Å². The highest BCUT2D eigenvalue weighted by Gasteiger charge is 2.04. The standard InChI is InChI=1S/C19H13NO/c1-14-7-9-18-16(11-14)12-17(13-21)19(20-18)10-8-15-5-3-2-4-6-15/h2-7,9,11-13H,1H3. The molecule has 3 aromatic rings. The average molecular weight is 271 g/mol. The van der Waals surface area contributed by atoms with E-state index in [0.29, 0.717) is 11.3 Å². The molecule has 1 heterocycles. The van der Waals surface area contributed by atoms with E-state index in [2.05, 4.69) is 16.8 Å². The molecule has 0 spiro atoms. The van der Waals surface area contributed by atoms with E-state index >= 15 is 0 Å². The number of rotatable bonds is 1. The van der Waals surface area contributed by atoms with E-state index in [4.69, 9.17) is 0 Å². The predicted octanol–water partition coefficient (Wildman–Crippen LogP) is 3.76. The minimum Gasteiger partial charge on any atom is -0.298 e. The van der Waals surface area contributed by atoms with Crippen LogP contribution in [0, 0.1) is 18.8 Å². The van der Waals surface area contributed by atoms with Crippen molar-refractivity contribution in [3.8, 4) is 11.8 Å². The van der Waals surface area contributed by atoms with Crippen molar-refractivity contribution in [2.24, 2.45) is 0 Å². The summed E-state index contributed by atoms with van der Waals surface area (Å²) in [5.74, 6) is 6.04. The molecule has 2 aromatic carbocycles. The lowest BCUT2D eigenvalue weighted by Gasteiger charge is -2.02. The van der Waals surface area contributed by atoms with Gasteiger partial charge in [-0.3, -0.25) is 4.79 Å². The number of carbonyl (C=O) groups is 1. The number of carbonyl (C=O) groups excluding carboxylic acids is 1. The number of aromatic nitrogens is 1. The van der Waals surface area contributed by atoms with Gasteiger partial charge in [0.15, 0.2) is 6.29 Å². The van der Waals surface area contributed by atoms with Crippen LogP contribution in [0.3, 0.4) is 0 Å². The van der Waals surface area contributed by atoms with Crippen molar-refractivity contribution in [3.05, 3.63) is 77.0 Å². The van der Waals surface area contributed by atoms with Gasteiger partial charge in [-0.2, -0.15) is 0 Å². The lowest BCUT2D eigenvalue weighted by molar-refractivity contribution is 0.112. The topological polar surface area (TPSA) is 30.0 Å². The Hall–Kier alpha value is -2.92. The summed E-state index contributed by atoms with van der Waals surface area (Å²) in [6.45, 7) is 2.02. The zero-order valence-electron chi connectivity index (χ0n) is 11.6. The molecular weight excluding hydrogens is 258 g/mol. The summed E-state index contributed by atoms with van der Waals surface area (Å²) in [4.78, 5) is 15.8. The Morgan fingerprint density at radius 3 is 2.57 bits per heavy atom. The van der Waals surface area contributed by atoms with Gasteiger partial charge in [0.2, 0.25) is 0 Å². The lowest BCUT2D eigenvalue weighted by Crippen LogP contribution is -1.94. The first kappa shape index (κ1) is 13.1. The van der Waals surface area contributed by atoms with Gasteiger partial charge in [0, 0.05) is 16.5 Å². The van der Waals surface area contributed by atoms with Crippen LogP contribution in [0.1, 0.15) is 27.2 Å². The summed E-state index contributed by atoms with van der Waals surface area (Å²) in [6, 6.07) is 17.5. The van der Waals surface area contributed by atoms with Gasteiger partial charge in [-0.25, -0.2) is 4.98 Å². The van der Waals surface area contributed by atoms with Crippen molar-refractivity contribution < 1.29 is 4.79 Å². The van der Waals surface area contributed by atoms with Gasteiger partial charge < -0.3 is 0 Å². The summed E-state index contributed by atoms with van der Waals surface area (Å²) in [5.41, 5.74) is 3.94. The number of fused-ring (bicyclic) bond motifs is 1. The van der Waals surface area contributed by atoms with E-state index in [1.54, 1.807) is 0 Å². The molecule has 0 unspecified atom stereocenters. The third-order valence-corrected chi connectivity index (χ3v) is 3.23. The quantitative estimate of drug-likeness (QED) is 0.498. The van der Waals surface area contributed by atoms with E-state index in [1.165, 1.54) is 0 Å². The molecule has 1 aromatic heterocycles. The number of hydrogen-bond acceptors (Lipinski definition) is 2. The molecule has 0 bridgehead atoms. The lowest BCUT2D eigenvalue weighted by atomic mass is 10.1. The highest BCUT2D eigenvalue weighted by molar-refractivity contribution is 5.88. The van der Waals surface area contributed by atoms with Crippen LogP contribution in [-0.2, 0) is 0 Å². The molecule has 0 fully saturated rings. The van der Waals surface area contributed by atoms with Gasteiger partial charge in [0.05, 0.1) is 5.52 Å². The van der Waals surface area contributed by atoms with Gasteiger partial charge >= 0.3 is 0 Å². The number of aldehydes is 1. The van der Waals surface area contributed by atoms with Gasteiger partial charge in [-0.05, 0) is 43.2 Å². The predicted molar refractivity (Wildman–Crippen MR) is 84.3 cm³/mol. The van der Waals surface area contributed by atoms with E-state index in [1.807, 2.05) is 61.5 Å². The monoisotopic (exact) mass is 271 g/mol. The SMILES string of the molecule is Cc1ccc2nc(C#Cc3ccccc3)c(C=O)cc2c1. The van der Waals surface area contributed by atoms with Crippen LogP contribution in [0.2, 0.25) is 0 Å². The van der Waals surface area contributed by atoms with Crippen molar-refractivity contribution in [2.75, 3.05) is 0 Å². The molecule has 0 saturated carbocycles. The minimum absolute atomic E-state index is 0.519. The van der Waals surface area contributed by atoms with Crippen LogP contribution in [0.15, 0.2) is 54.6 Å². The second-order valence-corrected chi connectivity index (χ2v) is 4.86. The van der Waals surface area contributed by atoms with Crippen molar-refractivity contribution in [3.63, 3.8) is 0 Å². The van der Waals surface area contributed by atoms with E-state index in [-0.39, 0.29) is 0 Å². The first-order chi connectivity index (χ1) is 10.3. The molecule has 0 atom stereocenters. The zero-order chi connectivity index (χ0) is 14.7. The van der Waals surface area contributed by atoms with E-state index in [0.717, 1.165) is 28.3 Å². The third-order valence-electron chi connectivity index (χ3n) is 3.23. The molecule has 0 N–H and O–H groups in total. The fraction of sp³-hybridized carbons (Fsp3) is 0.0526. The molecular formula is C19H13NO. The van der Waals surface area contributed by atoms with Crippen LogP contribution in [-0.4, -0.2) is 11.3 Å². The van der Waals surface area contributed by atoms with Gasteiger partial charge in [0.1, 0.15) is 5.69 Å². The van der Waals surface area contributed by atoms with Gasteiger partial charge in [-0.1, -0.05) is 35.7 Å². The molecule has 2 nitrogen and oxygen atoms in total. The number of pyridine rings is 1. The fourth-order valence-corrected chi connectivity index (χ4v) is 2.16. The number of benzene rings is 2. The maximum Gasteiger partial charge on any atom is 0.152 e. The Labute approximate surface area is 123 Å². The van der Waals surface area contributed by atoms with Gasteiger partial charge in [0.25, 0.3) is 0 Å². The molecule has 0 aliphatic rings. The summed E-state index contributed by atoms with van der Waals surface area (Å²) < 4.78 is 0. The second kappa shape index (κ2) is 5.60. The Morgan fingerprint density at radius 1 is 1.00 bits per heavy atom. The third kappa shape index (κ3) is 2.82. The molecule has 3 rings (SSSR count). The highest BCUT2D eigenvalue weighted by Crippen LogP contribution is 2.17. The fourth-order valence-electron chi connectivity index (χ4n) is 2.16. The number of aryl methyl sites for hydroxylation is 1. The molecule has 0 radical (unpaired) electrons. The average Bonchev–Trinajstić information content (AvgIpc) is 2.53. The van der Waals surface area contributed by atoms with Crippen LogP contribution in [0.4, 0.5) is 0 Å². The zero-order valence-corrected chi connectivity index (χ0v) is 11.6. The first-order valence-electron chi connectivity index (χ1n) is 6.70. The molecule has 0 aliphatic heterocycles. The van der Waals surface area contributed by atoms with Gasteiger partial charge in [-0.15, -0.1) is 0 Å². The minimum atomic E-state index is 0.519. The smallest absolute Gasteiger partial charge is 0.152 e. The summed E-state index contributed by atoms with van der Waals surface area (Å²) in [6.07, 6.45) is 0.809. The molecule has 21 heavy (non-hydrogen) atoms. The van der Waals surface area contributed by atoms with E-state index in [9.17, 15) is 4.79 Å². The van der Waals surface area contributed by atoms with Crippen molar-refractivity contribution in [1.29, 1.82) is 0 Å². The summed E-state index contributed by atoms with van der Waals surface area (Å²) >= 11 is 0. The summed E-state index contributed by atoms with van der Waals surface area (Å²) in [7, 11) is 0. The van der Waals surface area contributed by atoms with Crippen LogP contribution >= 0.6 is 0 Å². The van der Waals surface area contributed by atoms with E-state index < -0.39 is 0 Å². The normalized spacial score (nSPS) is 9.95. The number of hydrogen-bond donors (Lipinski definition) is 0. The van der Waals surface area contributed by atoms with Crippen LogP contribution in [0.25, 0.3) is 10.9 Å². The largest absolute Gasteiger partial charge is 0.298 e. The summed E-state index contributed by atoms with van der Waals surface area (Å²) in [5, 5.41) is 0.961. The highest BCUT2D eigenvalue weighted by atomic mass is 16.1. The second-order valence-electron chi connectivity index (χ2n) is 4.86. The maximum atomic E-state index is 11.3. The number of nitrogens with zero attached hydrogens (tertiary/aromatic N) is 1. The molecule has 100 valence electrons. The molecule has 0 aliphatic carbocycles. The van der Waals surface area contributed by atoms with Crippen molar-refractivity contribution in [2.45, 2.75) is 6.92 Å². The molecule has 0 amide bonds. The molecule has 2 heteroatoms.